The van der Waals surface area contributed by atoms with E-state index in [4.69, 9.17) is 21.2 Å². The number of benzene rings is 1. The number of carbonyl (C=O) groups is 3. The van der Waals surface area contributed by atoms with Crippen molar-refractivity contribution in [2.45, 2.75) is 13.0 Å². The van der Waals surface area contributed by atoms with Gasteiger partial charge in [0.25, 0.3) is 5.91 Å². The number of rotatable bonds is 3. The Bertz CT molecular complexity index is 685. The molecule has 1 aromatic carbocycles. The van der Waals surface area contributed by atoms with E-state index in [1.54, 1.807) is 31.2 Å². The zero-order valence-electron chi connectivity index (χ0n) is 11.5. The van der Waals surface area contributed by atoms with E-state index in [1.807, 2.05) is 0 Å². The van der Waals surface area contributed by atoms with Crippen LogP contribution in [0.2, 0.25) is 5.02 Å². The van der Waals surface area contributed by atoms with Crippen LogP contribution in [-0.2, 0) is 24.0 Å². The molecular formula is C14H11ClN2O5. The maximum absolute atomic E-state index is 12.5. The van der Waals surface area contributed by atoms with E-state index in [-0.39, 0.29) is 12.3 Å². The van der Waals surface area contributed by atoms with Gasteiger partial charge in [0, 0.05) is 5.02 Å². The van der Waals surface area contributed by atoms with Crippen LogP contribution >= 0.6 is 11.6 Å². The molecule has 0 unspecified atom stereocenters. The van der Waals surface area contributed by atoms with Gasteiger partial charge in [0.05, 0.1) is 12.3 Å². The van der Waals surface area contributed by atoms with Gasteiger partial charge in [-0.3, -0.25) is 9.59 Å². The Balaban J connectivity index is 1.91. The van der Waals surface area contributed by atoms with Gasteiger partial charge in [-0.2, -0.15) is 0 Å². The number of fused-ring (bicyclic) bond motifs is 1. The van der Waals surface area contributed by atoms with Gasteiger partial charge in [0.1, 0.15) is 5.92 Å². The molecule has 2 atom stereocenters. The summed E-state index contributed by atoms with van der Waals surface area (Å²) in [6.45, 7) is 1.77. The fourth-order valence-electron chi connectivity index (χ4n) is 2.40. The minimum Gasteiger partial charge on any atom is -0.461 e. The highest BCUT2D eigenvalue weighted by molar-refractivity contribution is 6.46. The number of anilines is 1. The van der Waals surface area contributed by atoms with Crippen molar-refractivity contribution in [1.82, 2.24) is 0 Å². The number of amides is 2. The number of hydrogen-bond acceptors (Lipinski definition) is 6. The molecule has 0 spiro atoms. The maximum atomic E-state index is 12.5. The maximum Gasteiger partial charge on any atom is 0.357 e. The lowest BCUT2D eigenvalue weighted by Crippen LogP contribution is -2.34. The molecule has 8 heteroatoms. The van der Waals surface area contributed by atoms with Crippen molar-refractivity contribution in [3.8, 4) is 0 Å². The Labute approximate surface area is 130 Å². The molecule has 2 aliphatic heterocycles. The molecule has 7 nitrogen and oxygen atoms in total. The van der Waals surface area contributed by atoms with Gasteiger partial charge in [-0.15, -0.1) is 0 Å². The van der Waals surface area contributed by atoms with Crippen molar-refractivity contribution >= 4 is 40.8 Å². The molecule has 0 radical (unpaired) electrons. The summed E-state index contributed by atoms with van der Waals surface area (Å²) in [4.78, 5) is 42.6. The first-order valence-electron chi connectivity index (χ1n) is 6.58. The quantitative estimate of drug-likeness (QED) is 0.615. The van der Waals surface area contributed by atoms with E-state index in [1.165, 1.54) is 0 Å². The van der Waals surface area contributed by atoms with E-state index in [2.05, 4.69) is 5.16 Å². The molecule has 0 bridgehead atoms. The zero-order chi connectivity index (χ0) is 15.9. The van der Waals surface area contributed by atoms with Crippen molar-refractivity contribution < 1.29 is 24.0 Å². The van der Waals surface area contributed by atoms with Crippen LogP contribution < -0.4 is 4.90 Å². The van der Waals surface area contributed by atoms with E-state index < -0.39 is 29.8 Å². The Kier molecular flexibility index (Phi) is 3.58. The predicted molar refractivity (Wildman–Crippen MR) is 76.4 cm³/mol. The van der Waals surface area contributed by atoms with E-state index in [0.29, 0.717) is 10.7 Å². The Morgan fingerprint density at radius 2 is 2.00 bits per heavy atom. The average Bonchev–Trinajstić information content (AvgIpc) is 3.03. The molecule has 2 heterocycles. The molecule has 114 valence electrons. The summed E-state index contributed by atoms with van der Waals surface area (Å²) in [7, 11) is 0. The summed E-state index contributed by atoms with van der Waals surface area (Å²) in [6.07, 6.45) is -1.12. The van der Waals surface area contributed by atoms with Gasteiger partial charge in [-0.1, -0.05) is 16.8 Å². The molecule has 3 rings (SSSR count). The Hall–Kier alpha value is -2.41. The van der Waals surface area contributed by atoms with Crippen LogP contribution in [0.15, 0.2) is 29.4 Å². The lowest BCUT2D eigenvalue weighted by atomic mass is 10.00. The number of ether oxygens (including phenoxy) is 1. The molecule has 2 amide bonds. The van der Waals surface area contributed by atoms with Crippen molar-refractivity contribution in [2.75, 3.05) is 11.5 Å². The van der Waals surface area contributed by atoms with Gasteiger partial charge in [-0.05, 0) is 31.2 Å². The largest absolute Gasteiger partial charge is 0.461 e. The molecule has 0 N–H and O–H groups in total. The van der Waals surface area contributed by atoms with Crippen molar-refractivity contribution in [3.05, 3.63) is 29.3 Å². The summed E-state index contributed by atoms with van der Waals surface area (Å²) in [5.41, 5.74) is 0.183. The third-order valence-electron chi connectivity index (χ3n) is 3.38. The Morgan fingerprint density at radius 1 is 1.32 bits per heavy atom. The lowest BCUT2D eigenvalue weighted by Gasteiger charge is -2.15. The molecule has 1 fully saturated rings. The van der Waals surface area contributed by atoms with Crippen LogP contribution in [0.4, 0.5) is 5.69 Å². The first kappa shape index (κ1) is 14.5. The number of imide groups is 1. The predicted octanol–water partition coefficient (Wildman–Crippen LogP) is 1.15. The number of carbonyl (C=O) groups excluding carboxylic acids is 3. The minimum absolute atomic E-state index is 0.137. The smallest absolute Gasteiger partial charge is 0.357 e. The SMILES string of the molecule is CCOC(=O)C1=NO[C@H]2C(=O)N(c3ccc(Cl)cc3)C(=O)[C@@H]12. The first-order valence-corrected chi connectivity index (χ1v) is 6.96. The Morgan fingerprint density at radius 3 is 2.64 bits per heavy atom. The van der Waals surface area contributed by atoms with Crippen LogP contribution in [0.1, 0.15) is 6.92 Å². The molecule has 0 aliphatic carbocycles. The van der Waals surface area contributed by atoms with Gasteiger partial charge in [0.2, 0.25) is 12.0 Å². The van der Waals surface area contributed by atoms with Crippen LogP contribution in [0.5, 0.6) is 0 Å². The number of esters is 1. The summed E-state index contributed by atoms with van der Waals surface area (Å²) in [5.74, 6) is -2.96. The highest BCUT2D eigenvalue weighted by Gasteiger charge is 2.58. The second-order valence-corrected chi connectivity index (χ2v) is 5.13. The molecular weight excluding hydrogens is 312 g/mol. The number of nitrogens with zero attached hydrogens (tertiary/aromatic N) is 2. The summed E-state index contributed by atoms with van der Waals surface area (Å²) < 4.78 is 4.83. The van der Waals surface area contributed by atoms with Gasteiger partial charge >= 0.3 is 5.97 Å². The fourth-order valence-corrected chi connectivity index (χ4v) is 2.52. The third-order valence-corrected chi connectivity index (χ3v) is 3.63. The molecule has 22 heavy (non-hydrogen) atoms. The molecule has 1 saturated heterocycles. The van der Waals surface area contributed by atoms with Crippen molar-refractivity contribution in [3.63, 3.8) is 0 Å². The number of oxime groups is 1. The van der Waals surface area contributed by atoms with Crippen molar-refractivity contribution in [2.24, 2.45) is 11.1 Å². The van der Waals surface area contributed by atoms with Crippen LogP contribution in [0.25, 0.3) is 0 Å². The van der Waals surface area contributed by atoms with Gasteiger partial charge in [0.15, 0.2) is 5.71 Å². The minimum atomic E-state index is -1.12. The van der Waals surface area contributed by atoms with Crippen LogP contribution in [0, 0.1) is 5.92 Å². The molecule has 2 aliphatic rings. The standard InChI is InChI=1S/C14H11ClN2O5/c1-2-21-14(20)10-9-11(22-16-10)13(19)17(12(9)18)8-5-3-7(15)4-6-8/h3-6,9,11H,2H2,1H3/t9-,11+/m0/s1. The second kappa shape index (κ2) is 5.42. The summed E-state index contributed by atoms with van der Waals surface area (Å²) in [5, 5.41) is 4.01. The monoisotopic (exact) mass is 322 g/mol. The fraction of sp³-hybridized carbons (Fsp3) is 0.286. The van der Waals surface area contributed by atoms with Gasteiger partial charge < -0.3 is 9.57 Å². The van der Waals surface area contributed by atoms with E-state index >= 15 is 0 Å². The first-order chi connectivity index (χ1) is 10.5. The molecule has 1 aromatic rings. The lowest BCUT2D eigenvalue weighted by molar-refractivity contribution is -0.136. The topological polar surface area (TPSA) is 85.3 Å². The second-order valence-electron chi connectivity index (χ2n) is 4.69. The van der Waals surface area contributed by atoms with E-state index in [0.717, 1.165) is 4.90 Å². The number of halogens is 1. The highest BCUT2D eigenvalue weighted by Crippen LogP contribution is 2.33. The zero-order valence-corrected chi connectivity index (χ0v) is 12.2. The highest BCUT2D eigenvalue weighted by atomic mass is 35.5. The summed E-state index contributed by atoms with van der Waals surface area (Å²) in [6, 6.07) is 6.21. The van der Waals surface area contributed by atoms with Crippen molar-refractivity contribution in [1.29, 1.82) is 0 Å². The van der Waals surface area contributed by atoms with E-state index in [9.17, 15) is 14.4 Å². The summed E-state index contributed by atoms with van der Waals surface area (Å²) >= 11 is 5.79. The van der Waals surface area contributed by atoms with Crippen LogP contribution in [-0.4, -0.2) is 36.2 Å². The molecule has 0 saturated carbocycles. The average molecular weight is 323 g/mol. The third kappa shape index (κ3) is 2.14. The van der Waals surface area contributed by atoms with Crippen LogP contribution in [0.3, 0.4) is 0 Å². The number of hydrogen-bond donors (Lipinski definition) is 0. The van der Waals surface area contributed by atoms with Gasteiger partial charge in [-0.25, -0.2) is 9.69 Å². The normalized spacial score (nSPS) is 23.2. The molecule has 0 aromatic heterocycles.